The van der Waals surface area contributed by atoms with Crippen molar-refractivity contribution in [1.29, 1.82) is 0 Å². The predicted molar refractivity (Wildman–Crippen MR) is 129 cm³/mol. The summed E-state index contributed by atoms with van der Waals surface area (Å²) in [7, 11) is 2.15. The highest BCUT2D eigenvalue weighted by atomic mass is 16.2. The summed E-state index contributed by atoms with van der Waals surface area (Å²) in [6, 6.07) is 4.28. The minimum Gasteiger partial charge on any atom is -0.398 e. The van der Waals surface area contributed by atoms with Crippen LogP contribution >= 0.6 is 0 Å². The summed E-state index contributed by atoms with van der Waals surface area (Å²) in [6.07, 6.45) is 12.8. The van der Waals surface area contributed by atoms with Gasteiger partial charge in [-0.15, -0.1) is 0 Å². The summed E-state index contributed by atoms with van der Waals surface area (Å²) < 4.78 is 0. The number of nitrogen functional groups attached to an aromatic ring is 1. The molecule has 2 aliphatic heterocycles. The van der Waals surface area contributed by atoms with E-state index in [4.69, 9.17) is 5.73 Å². The molecule has 1 aromatic carbocycles. The monoisotopic (exact) mass is 440 g/mol. The van der Waals surface area contributed by atoms with Gasteiger partial charge in [0.1, 0.15) is 0 Å². The molecule has 0 bridgehead atoms. The number of carbonyl (C=O) groups excluding carboxylic acids is 2. The first-order chi connectivity index (χ1) is 15.5. The van der Waals surface area contributed by atoms with Gasteiger partial charge in [-0.25, -0.2) is 0 Å². The molecule has 1 saturated carbocycles. The van der Waals surface area contributed by atoms with E-state index in [0.717, 1.165) is 57.4 Å². The van der Waals surface area contributed by atoms with Gasteiger partial charge in [0.05, 0.1) is 5.56 Å². The Balaban J connectivity index is 1.63. The molecule has 0 aromatic heterocycles. The van der Waals surface area contributed by atoms with Crippen molar-refractivity contribution >= 4 is 17.5 Å². The van der Waals surface area contributed by atoms with Gasteiger partial charge in [-0.3, -0.25) is 14.5 Å². The van der Waals surface area contributed by atoms with E-state index in [2.05, 4.69) is 11.9 Å². The summed E-state index contributed by atoms with van der Waals surface area (Å²) in [4.78, 5) is 33.0. The second-order valence-electron chi connectivity index (χ2n) is 10.0. The molecule has 6 nitrogen and oxygen atoms in total. The van der Waals surface area contributed by atoms with E-state index in [0.29, 0.717) is 29.4 Å². The van der Waals surface area contributed by atoms with Crippen molar-refractivity contribution in [2.75, 3.05) is 39.0 Å². The molecule has 2 N–H and O–H groups in total. The molecule has 1 aromatic rings. The van der Waals surface area contributed by atoms with Crippen molar-refractivity contribution in [2.24, 2.45) is 0 Å². The number of piperidine rings is 2. The normalized spacial score (nSPS) is 20.6. The predicted octanol–water partition coefficient (Wildman–Crippen LogP) is 4.29. The number of nitrogens with two attached hydrogens (primary N) is 1. The average Bonchev–Trinajstić information content (AvgIpc) is 2.86. The highest BCUT2D eigenvalue weighted by Crippen LogP contribution is 2.29. The molecule has 0 spiro atoms. The molecule has 0 radical (unpaired) electrons. The standard InChI is InChI=1S/C26H40N4O2/c1-28(22-11-5-2-6-12-22)19-21-17-20(25(31)29-13-7-3-8-14-29)18-23(24(21)27)26(32)30-15-9-4-10-16-30/h17-18,22H,2-16,19,27H2,1H3. The van der Waals surface area contributed by atoms with E-state index >= 15 is 0 Å². The summed E-state index contributed by atoms with van der Waals surface area (Å²) in [5.74, 6) is 0.0241. The summed E-state index contributed by atoms with van der Waals surface area (Å²) >= 11 is 0. The molecular weight excluding hydrogens is 400 g/mol. The number of carbonyl (C=O) groups is 2. The lowest BCUT2D eigenvalue weighted by Gasteiger charge is -2.32. The van der Waals surface area contributed by atoms with Crippen LogP contribution in [0.2, 0.25) is 0 Å². The van der Waals surface area contributed by atoms with Gasteiger partial charge in [0, 0.05) is 50.0 Å². The fraction of sp³-hybridized carbons (Fsp3) is 0.692. The Morgan fingerprint density at radius 3 is 1.97 bits per heavy atom. The molecule has 4 rings (SSSR count). The van der Waals surface area contributed by atoms with Crippen molar-refractivity contribution in [3.05, 3.63) is 28.8 Å². The van der Waals surface area contributed by atoms with Crippen LogP contribution in [-0.2, 0) is 6.54 Å². The van der Waals surface area contributed by atoms with Crippen LogP contribution in [0.3, 0.4) is 0 Å². The van der Waals surface area contributed by atoms with Crippen molar-refractivity contribution < 1.29 is 9.59 Å². The Morgan fingerprint density at radius 2 is 1.38 bits per heavy atom. The quantitative estimate of drug-likeness (QED) is 0.694. The van der Waals surface area contributed by atoms with Crippen molar-refractivity contribution in [2.45, 2.75) is 83.2 Å². The zero-order valence-corrected chi connectivity index (χ0v) is 19.8. The van der Waals surface area contributed by atoms with Gasteiger partial charge in [-0.1, -0.05) is 19.3 Å². The first-order valence-electron chi connectivity index (χ1n) is 12.8. The number of likely N-dealkylation sites (tertiary alicyclic amines) is 2. The SMILES string of the molecule is CN(Cc1cc(C(=O)N2CCCCC2)cc(C(=O)N2CCCCC2)c1N)C1CCCCC1. The van der Waals surface area contributed by atoms with E-state index in [1.54, 1.807) is 6.07 Å². The van der Waals surface area contributed by atoms with Crippen LogP contribution in [-0.4, -0.2) is 65.8 Å². The molecule has 2 heterocycles. The summed E-state index contributed by atoms with van der Waals surface area (Å²) in [6.45, 7) is 3.84. The van der Waals surface area contributed by atoms with Crippen molar-refractivity contribution in [1.82, 2.24) is 14.7 Å². The molecular formula is C26H40N4O2. The van der Waals surface area contributed by atoms with Crippen molar-refractivity contribution in [3.8, 4) is 0 Å². The lowest BCUT2D eigenvalue weighted by molar-refractivity contribution is 0.0722. The Morgan fingerprint density at radius 1 is 0.844 bits per heavy atom. The van der Waals surface area contributed by atoms with Crippen LogP contribution in [0, 0.1) is 0 Å². The third-order valence-electron chi connectivity index (χ3n) is 7.65. The number of anilines is 1. The molecule has 3 fully saturated rings. The first-order valence-corrected chi connectivity index (χ1v) is 12.8. The average molecular weight is 441 g/mol. The Labute approximate surface area is 193 Å². The molecule has 6 heteroatoms. The van der Waals surface area contributed by atoms with Crippen LogP contribution < -0.4 is 5.73 Å². The van der Waals surface area contributed by atoms with Crippen LogP contribution in [0.4, 0.5) is 5.69 Å². The lowest BCUT2D eigenvalue weighted by atomic mass is 9.93. The maximum Gasteiger partial charge on any atom is 0.255 e. The summed E-state index contributed by atoms with van der Waals surface area (Å²) in [5, 5.41) is 0. The largest absolute Gasteiger partial charge is 0.398 e. The molecule has 3 aliphatic rings. The smallest absolute Gasteiger partial charge is 0.255 e. The van der Waals surface area contributed by atoms with E-state index in [1.165, 1.54) is 44.9 Å². The fourth-order valence-electron chi connectivity index (χ4n) is 5.61. The first kappa shape index (κ1) is 23.1. The van der Waals surface area contributed by atoms with E-state index in [-0.39, 0.29) is 11.8 Å². The van der Waals surface area contributed by atoms with Gasteiger partial charge < -0.3 is 15.5 Å². The molecule has 2 saturated heterocycles. The highest BCUT2D eigenvalue weighted by molar-refractivity contribution is 6.04. The Bertz CT molecular complexity index is 806. The van der Waals surface area contributed by atoms with Crippen LogP contribution in [0.15, 0.2) is 12.1 Å². The number of benzene rings is 1. The van der Waals surface area contributed by atoms with Crippen molar-refractivity contribution in [3.63, 3.8) is 0 Å². The minimum absolute atomic E-state index is 0.0166. The van der Waals surface area contributed by atoms with Gasteiger partial charge in [0.2, 0.25) is 0 Å². The highest BCUT2D eigenvalue weighted by Gasteiger charge is 2.27. The van der Waals surface area contributed by atoms with Crippen LogP contribution in [0.5, 0.6) is 0 Å². The van der Waals surface area contributed by atoms with E-state index < -0.39 is 0 Å². The van der Waals surface area contributed by atoms with E-state index in [9.17, 15) is 9.59 Å². The second-order valence-corrected chi connectivity index (χ2v) is 10.0. The Kier molecular flexibility index (Phi) is 7.71. The molecule has 0 unspecified atom stereocenters. The van der Waals surface area contributed by atoms with Gasteiger partial charge in [-0.05, 0) is 76.1 Å². The summed E-state index contributed by atoms with van der Waals surface area (Å²) in [5.41, 5.74) is 9.22. The third-order valence-corrected chi connectivity index (χ3v) is 7.65. The maximum absolute atomic E-state index is 13.4. The number of rotatable bonds is 5. The fourth-order valence-corrected chi connectivity index (χ4v) is 5.61. The second kappa shape index (κ2) is 10.7. The van der Waals surface area contributed by atoms with Gasteiger partial charge >= 0.3 is 0 Å². The zero-order valence-electron chi connectivity index (χ0n) is 19.8. The van der Waals surface area contributed by atoms with E-state index in [1.807, 2.05) is 15.9 Å². The lowest BCUT2D eigenvalue weighted by Crippen LogP contribution is -2.38. The number of nitrogens with zero attached hydrogens (tertiary/aromatic N) is 3. The molecule has 32 heavy (non-hydrogen) atoms. The molecule has 0 atom stereocenters. The molecule has 1 aliphatic carbocycles. The number of hydrogen-bond acceptors (Lipinski definition) is 4. The van der Waals surface area contributed by atoms with Crippen LogP contribution in [0.25, 0.3) is 0 Å². The zero-order chi connectivity index (χ0) is 22.5. The molecule has 2 amide bonds. The topological polar surface area (TPSA) is 69.9 Å². The maximum atomic E-state index is 13.4. The third kappa shape index (κ3) is 5.28. The van der Waals surface area contributed by atoms with Gasteiger partial charge in [0.15, 0.2) is 0 Å². The number of hydrogen-bond donors (Lipinski definition) is 1. The minimum atomic E-state index is -0.0166. The molecule has 176 valence electrons. The van der Waals surface area contributed by atoms with Crippen LogP contribution in [0.1, 0.15) is 96.9 Å². The van der Waals surface area contributed by atoms with Gasteiger partial charge in [-0.2, -0.15) is 0 Å². The number of amides is 2. The van der Waals surface area contributed by atoms with Gasteiger partial charge in [0.25, 0.3) is 11.8 Å². The Hall–Kier alpha value is -2.08.